The zero-order valence-corrected chi connectivity index (χ0v) is 11.5. The van der Waals surface area contributed by atoms with E-state index < -0.39 is 10.8 Å². The van der Waals surface area contributed by atoms with Crippen LogP contribution in [0.3, 0.4) is 0 Å². The average Bonchev–Trinajstić information content (AvgIpc) is 3.16. The third-order valence-electron chi connectivity index (χ3n) is 3.82. The Morgan fingerprint density at radius 1 is 1.50 bits per heavy atom. The minimum Gasteiger partial charge on any atom is -0.399 e. The molecular weight excluding hydrogens is 258 g/mol. The maximum Gasteiger partial charge on any atom is 0.282 e. The summed E-state index contributed by atoms with van der Waals surface area (Å²) in [5.74, 6) is -0.425. The molecule has 1 aliphatic rings. The molecule has 0 aliphatic heterocycles. The molecule has 0 heterocycles. The minimum atomic E-state index is -0.562. The van der Waals surface area contributed by atoms with E-state index in [1.54, 1.807) is 0 Å². The van der Waals surface area contributed by atoms with Crippen molar-refractivity contribution in [3.63, 3.8) is 0 Å². The highest BCUT2D eigenvalue weighted by atomic mass is 16.6. The van der Waals surface area contributed by atoms with Gasteiger partial charge in [0.1, 0.15) is 5.56 Å². The molecule has 1 aromatic rings. The van der Waals surface area contributed by atoms with Gasteiger partial charge >= 0.3 is 0 Å². The number of amides is 1. The van der Waals surface area contributed by atoms with Gasteiger partial charge in [-0.25, -0.2) is 0 Å². The van der Waals surface area contributed by atoms with Gasteiger partial charge in [-0.3, -0.25) is 14.9 Å². The molecule has 0 unspecified atom stereocenters. The number of anilines is 1. The van der Waals surface area contributed by atoms with Gasteiger partial charge in [0.05, 0.1) is 4.92 Å². The van der Waals surface area contributed by atoms with E-state index in [1.807, 2.05) is 0 Å². The first-order valence-corrected chi connectivity index (χ1v) is 6.79. The summed E-state index contributed by atoms with van der Waals surface area (Å²) in [6.07, 6.45) is 4.38. The lowest BCUT2D eigenvalue weighted by molar-refractivity contribution is -0.385. The first kappa shape index (κ1) is 14.3. The maximum absolute atomic E-state index is 12.1. The van der Waals surface area contributed by atoms with Crippen molar-refractivity contribution in [3.8, 4) is 0 Å². The third kappa shape index (κ3) is 3.07. The van der Waals surface area contributed by atoms with Gasteiger partial charge in [-0.1, -0.05) is 13.3 Å². The van der Waals surface area contributed by atoms with Crippen LogP contribution in [0.25, 0.3) is 0 Å². The second kappa shape index (κ2) is 5.48. The van der Waals surface area contributed by atoms with Crippen LogP contribution in [0.5, 0.6) is 0 Å². The van der Waals surface area contributed by atoms with Gasteiger partial charge in [-0.15, -0.1) is 0 Å². The molecule has 1 aliphatic carbocycles. The van der Waals surface area contributed by atoms with Gasteiger partial charge in [-0.05, 0) is 36.8 Å². The van der Waals surface area contributed by atoms with Crippen LogP contribution in [-0.2, 0) is 0 Å². The number of carbonyl (C=O) groups is 1. The number of nitro groups is 1. The van der Waals surface area contributed by atoms with Crippen molar-refractivity contribution in [1.29, 1.82) is 0 Å². The summed E-state index contributed by atoms with van der Waals surface area (Å²) in [6, 6.07) is 4.05. The van der Waals surface area contributed by atoms with E-state index in [-0.39, 0.29) is 16.7 Å². The highest BCUT2D eigenvalue weighted by Gasteiger charge is 2.41. The van der Waals surface area contributed by atoms with E-state index in [0.717, 1.165) is 25.7 Å². The summed E-state index contributed by atoms with van der Waals surface area (Å²) < 4.78 is 0. The van der Waals surface area contributed by atoms with Gasteiger partial charge in [0, 0.05) is 18.3 Å². The Kier molecular flexibility index (Phi) is 3.92. The Morgan fingerprint density at radius 3 is 2.75 bits per heavy atom. The number of nitro benzene ring substituents is 1. The molecule has 0 saturated heterocycles. The molecule has 1 fully saturated rings. The molecule has 0 spiro atoms. The van der Waals surface area contributed by atoms with Crippen LogP contribution in [0.4, 0.5) is 11.4 Å². The average molecular weight is 277 g/mol. The van der Waals surface area contributed by atoms with E-state index >= 15 is 0 Å². The first-order chi connectivity index (χ1) is 9.47. The van der Waals surface area contributed by atoms with Crippen LogP contribution >= 0.6 is 0 Å². The Bertz CT molecular complexity index is 538. The molecule has 1 aromatic carbocycles. The lowest BCUT2D eigenvalue weighted by Gasteiger charge is -2.15. The summed E-state index contributed by atoms with van der Waals surface area (Å²) in [5, 5.41) is 13.7. The van der Waals surface area contributed by atoms with Crippen LogP contribution in [0, 0.1) is 15.5 Å². The molecule has 20 heavy (non-hydrogen) atoms. The number of hydrogen-bond donors (Lipinski definition) is 2. The fourth-order valence-electron chi connectivity index (χ4n) is 2.48. The summed E-state index contributed by atoms with van der Waals surface area (Å²) in [4.78, 5) is 22.5. The van der Waals surface area contributed by atoms with Gasteiger partial charge in [-0.2, -0.15) is 0 Å². The quantitative estimate of drug-likeness (QED) is 0.474. The molecule has 0 atom stereocenters. The molecular formula is C14H19N3O3. The van der Waals surface area contributed by atoms with Crippen molar-refractivity contribution in [3.05, 3.63) is 33.9 Å². The fraction of sp³-hybridized carbons (Fsp3) is 0.500. The molecule has 1 saturated carbocycles. The zero-order valence-electron chi connectivity index (χ0n) is 11.5. The van der Waals surface area contributed by atoms with Crippen molar-refractivity contribution >= 4 is 17.3 Å². The summed E-state index contributed by atoms with van der Waals surface area (Å²) in [7, 11) is 0. The van der Waals surface area contributed by atoms with E-state index in [1.165, 1.54) is 18.2 Å². The van der Waals surface area contributed by atoms with E-state index in [4.69, 9.17) is 5.73 Å². The highest BCUT2D eigenvalue weighted by Crippen LogP contribution is 2.48. The molecule has 3 N–H and O–H groups in total. The molecule has 0 radical (unpaired) electrons. The molecule has 6 heteroatoms. The molecule has 108 valence electrons. The van der Waals surface area contributed by atoms with E-state index in [9.17, 15) is 14.9 Å². The van der Waals surface area contributed by atoms with Gasteiger partial charge in [0.25, 0.3) is 11.6 Å². The predicted octanol–water partition coefficient (Wildman–Crippen LogP) is 2.49. The Hall–Kier alpha value is -2.11. The largest absolute Gasteiger partial charge is 0.399 e. The monoisotopic (exact) mass is 277 g/mol. The van der Waals surface area contributed by atoms with Gasteiger partial charge < -0.3 is 11.1 Å². The molecule has 6 nitrogen and oxygen atoms in total. The normalized spacial score (nSPS) is 15.7. The third-order valence-corrected chi connectivity index (χ3v) is 3.82. The van der Waals surface area contributed by atoms with Crippen molar-refractivity contribution < 1.29 is 9.72 Å². The molecule has 0 bridgehead atoms. The second-order valence-electron chi connectivity index (χ2n) is 5.47. The standard InChI is InChI=1S/C14H19N3O3/c1-2-5-14(6-7-14)9-16-13(18)11-8-10(15)3-4-12(11)17(19)20/h3-4,8H,2,5-7,9,15H2,1H3,(H,16,18). The van der Waals surface area contributed by atoms with Crippen LogP contribution in [-0.4, -0.2) is 17.4 Å². The van der Waals surface area contributed by atoms with Crippen molar-refractivity contribution in [2.24, 2.45) is 5.41 Å². The number of rotatable bonds is 6. The van der Waals surface area contributed by atoms with Gasteiger partial charge in [0.2, 0.25) is 0 Å². The Balaban J connectivity index is 2.09. The van der Waals surface area contributed by atoms with Crippen LogP contribution in [0.1, 0.15) is 43.0 Å². The fourth-order valence-corrected chi connectivity index (χ4v) is 2.48. The summed E-state index contributed by atoms with van der Waals surface area (Å²) in [5.41, 5.74) is 5.97. The predicted molar refractivity (Wildman–Crippen MR) is 76.4 cm³/mol. The van der Waals surface area contributed by atoms with Crippen LogP contribution in [0.2, 0.25) is 0 Å². The highest BCUT2D eigenvalue weighted by molar-refractivity contribution is 5.99. The van der Waals surface area contributed by atoms with Crippen molar-refractivity contribution in [2.75, 3.05) is 12.3 Å². The minimum absolute atomic E-state index is 0.0299. The number of hydrogen-bond acceptors (Lipinski definition) is 4. The smallest absolute Gasteiger partial charge is 0.282 e. The molecule has 1 amide bonds. The lowest BCUT2D eigenvalue weighted by Crippen LogP contribution is -2.30. The van der Waals surface area contributed by atoms with Crippen molar-refractivity contribution in [1.82, 2.24) is 5.32 Å². The number of nitrogens with zero attached hydrogens (tertiary/aromatic N) is 1. The van der Waals surface area contributed by atoms with Crippen molar-refractivity contribution in [2.45, 2.75) is 32.6 Å². The topological polar surface area (TPSA) is 98.3 Å². The maximum atomic E-state index is 12.1. The second-order valence-corrected chi connectivity index (χ2v) is 5.47. The van der Waals surface area contributed by atoms with E-state index in [0.29, 0.717) is 12.2 Å². The molecule has 2 rings (SSSR count). The summed E-state index contributed by atoms with van der Waals surface area (Å²) >= 11 is 0. The van der Waals surface area contributed by atoms with E-state index in [2.05, 4.69) is 12.2 Å². The van der Waals surface area contributed by atoms with Crippen LogP contribution in [0.15, 0.2) is 18.2 Å². The lowest BCUT2D eigenvalue weighted by atomic mass is 10.0. The first-order valence-electron chi connectivity index (χ1n) is 6.79. The van der Waals surface area contributed by atoms with Gasteiger partial charge in [0.15, 0.2) is 0 Å². The number of carbonyl (C=O) groups excluding carboxylic acids is 1. The molecule has 0 aromatic heterocycles. The number of nitrogens with two attached hydrogens (primary N) is 1. The number of nitrogens with one attached hydrogen (secondary N) is 1. The summed E-state index contributed by atoms with van der Waals surface area (Å²) in [6.45, 7) is 2.69. The number of nitrogen functional groups attached to an aromatic ring is 1. The Morgan fingerprint density at radius 2 is 2.20 bits per heavy atom. The number of benzene rings is 1. The Labute approximate surface area is 117 Å². The van der Waals surface area contributed by atoms with Crippen LogP contribution < -0.4 is 11.1 Å². The SMILES string of the molecule is CCCC1(CNC(=O)c2cc(N)ccc2[N+](=O)[O-])CC1. The zero-order chi connectivity index (χ0) is 14.8.